The molecule has 3 heterocycles. The summed E-state index contributed by atoms with van der Waals surface area (Å²) in [5, 5.41) is 4.08. The molecule has 1 atom stereocenters. The van der Waals surface area contributed by atoms with Crippen LogP contribution in [-0.4, -0.2) is 32.1 Å². The monoisotopic (exact) mass is 322 g/mol. The molecule has 1 amide bonds. The van der Waals surface area contributed by atoms with Gasteiger partial charge in [0.15, 0.2) is 0 Å². The van der Waals surface area contributed by atoms with E-state index in [4.69, 9.17) is 4.52 Å². The molecule has 24 heavy (non-hydrogen) atoms. The summed E-state index contributed by atoms with van der Waals surface area (Å²) in [6.45, 7) is 0.706. The maximum absolute atomic E-state index is 12.8. The molecular formula is C18H18N4O2. The number of carbonyl (C=O) groups excluding carboxylic acids is 1. The lowest BCUT2D eigenvalue weighted by Gasteiger charge is -2.22. The summed E-state index contributed by atoms with van der Waals surface area (Å²) in [5.74, 6) is 1.07. The predicted octanol–water partition coefficient (Wildman–Crippen LogP) is 3.05. The van der Waals surface area contributed by atoms with E-state index in [0.717, 1.165) is 18.4 Å². The summed E-state index contributed by atoms with van der Waals surface area (Å²) >= 11 is 0. The Bertz CT molecular complexity index is 853. The van der Waals surface area contributed by atoms with Crippen LogP contribution in [0.25, 0.3) is 11.4 Å². The fourth-order valence-electron chi connectivity index (χ4n) is 3.17. The van der Waals surface area contributed by atoms with E-state index >= 15 is 0 Å². The highest BCUT2D eigenvalue weighted by Crippen LogP contribution is 2.33. The zero-order valence-electron chi connectivity index (χ0n) is 13.4. The molecule has 1 aliphatic heterocycles. The zero-order chi connectivity index (χ0) is 16.5. The van der Waals surface area contributed by atoms with Gasteiger partial charge in [-0.3, -0.25) is 4.79 Å². The van der Waals surface area contributed by atoms with Crippen LogP contribution in [0.1, 0.15) is 35.3 Å². The topological polar surface area (TPSA) is 64.2 Å². The first-order chi connectivity index (χ1) is 11.7. The van der Waals surface area contributed by atoms with Crippen molar-refractivity contribution in [1.82, 2.24) is 19.6 Å². The van der Waals surface area contributed by atoms with Gasteiger partial charge in [0.1, 0.15) is 11.7 Å². The minimum absolute atomic E-state index is 0.00413. The molecule has 0 saturated carbocycles. The van der Waals surface area contributed by atoms with Crippen LogP contribution in [0.15, 0.2) is 53.2 Å². The van der Waals surface area contributed by atoms with Crippen molar-refractivity contribution in [3.05, 3.63) is 60.2 Å². The van der Waals surface area contributed by atoms with Crippen molar-refractivity contribution in [1.29, 1.82) is 0 Å². The lowest BCUT2D eigenvalue weighted by atomic mass is 10.2. The Morgan fingerprint density at radius 3 is 2.79 bits per heavy atom. The van der Waals surface area contributed by atoms with Gasteiger partial charge in [0, 0.05) is 25.4 Å². The van der Waals surface area contributed by atoms with Gasteiger partial charge in [0.05, 0.1) is 0 Å². The smallest absolute Gasteiger partial charge is 0.271 e. The third kappa shape index (κ3) is 2.50. The Labute approximate surface area is 139 Å². The second kappa shape index (κ2) is 5.96. The lowest BCUT2D eigenvalue weighted by Crippen LogP contribution is -2.31. The summed E-state index contributed by atoms with van der Waals surface area (Å²) < 4.78 is 7.30. The number of carbonyl (C=O) groups is 1. The van der Waals surface area contributed by atoms with Crippen molar-refractivity contribution in [2.75, 3.05) is 6.54 Å². The number of benzene rings is 1. The molecule has 0 spiro atoms. The number of rotatable bonds is 3. The Balaban J connectivity index is 1.61. The fourth-order valence-corrected chi connectivity index (χ4v) is 3.17. The van der Waals surface area contributed by atoms with E-state index in [1.807, 2.05) is 65.2 Å². The number of aryl methyl sites for hydroxylation is 1. The molecule has 122 valence electrons. The average Bonchev–Trinajstić information content (AvgIpc) is 3.35. The average molecular weight is 322 g/mol. The van der Waals surface area contributed by atoms with Crippen LogP contribution >= 0.6 is 0 Å². The molecule has 0 N–H and O–H groups in total. The largest absolute Gasteiger partial charge is 0.347 e. The maximum atomic E-state index is 12.8. The molecule has 0 aliphatic carbocycles. The molecule has 6 heteroatoms. The van der Waals surface area contributed by atoms with Gasteiger partial charge >= 0.3 is 0 Å². The van der Waals surface area contributed by atoms with E-state index in [1.165, 1.54) is 0 Å². The number of hydrogen-bond acceptors (Lipinski definition) is 4. The Kier molecular flexibility index (Phi) is 3.65. The second-order valence-electron chi connectivity index (χ2n) is 5.98. The molecule has 0 radical (unpaired) electrons. The Morgan fingerprint density at radius 1 is 1.21 bits per heavy atom. The normalized spacial score (nSPS) is 17.4. The number of hydrogen-bond donors (Lipinski definition) is 0. The fraction of sp³-hybridized carbons (Fsp3) is 0.278. The van der Waals surface area contributed by atoms with Crippen LogP contribution in [0.4, 0.5) is 0 Å². The van der Waals surface area contributed by atoms with Crippen LogP contribution < -0.4 is 0 Å². The van der Waals surface area contributed by atoms with Crippen LogP contribution in [0.2, 0.25) is 0 Å². The van der Waals surface area contributed by atoms with Crippen LogP contribution in [0, 0.1) is 0 Å². The van der Waals surface area contributed by atoms with Crippen molar-refractivity contribution < 1.29 is 9.32 Å². The first kappa shape index (κ1) is 14.7. The number of aromatic nitrogens is 3. The molecule has 1 aliphatic rings. The Hall–Kier alpha value is -2.89. The van der Waals surface area contributed by atoms with Crippen molar-refractivity contribution in [2.24, 2.45) is 7.05 Å². The summed E-state index contributed by atoms with van der Waals surface area (Å²) in [7, 11) is 1.87. The van der Waals surface area contributed by atoms with Gasteiger partial charge < -0.3 is 14.0 Å². The van der Waals surface area contributed by atoms with Gasteiger partial charge in [-0.2, -0.15) is 4.98 Å². The number of nitrogens with zero attached hydrogens (tertiary/aromatic N) is 4. The summed E-state index contributed by atoms with van der Waals surface area (Å²) in [6, 6.07) is 13.3. The highest BCUT2D eigenvalue weighted by molar-refractivity contribution is 5.93. The standard InChI is InChI=1S/C18H18N4O2/c1-21-11-5-10-15(21)18(23)22-12-6-9-14(22)17-19-16(20-24-17)13-7-3-2-4-8-13/h2-5,7-8,10-11,14H,6,9,12H2,1H3/t14-/m1/s1. The van der Waals surface area contributed by atoms with Gasteiger partial charge in [0.2, 0.25) is 11.7 Å². The van der Waals surface area contributed by atoms with Crippen LogP contribution in [0.5, 0.6) is 0 Å². The summed E-state index contributed by atoms with van der Waals surface area (Å²) in [4.78, 5) is 19.2. The summed E-state index contributed by atoms with van der Waals surface area (Å²) in [5.41, 5.74) is 1.58. The van der Waals surface area contributed by atoms with E-state index < -0.39 is 0 Å². The van der Waals surface area contributed by atoms with Crippen molar-refractivity contribution in [2.45, 2.75) is 18.9 Å². The van der Waals surface area contributed by atoms with Gasteiger partial charge in [0.25, 0.3) is 5.91 Å². The number of amides is 1. The van der Waals surface area contributed by atoms with Gasteiger partial charge in [-0.15, -0.1) is 0 Å². The lowest BCUT2D eigenvalue weighted by molar-refractivity contribution is 0.0700. The van der Waals surface area contributed by atoms with Gasteiger partial charge in [-0.25, -0.2) is 0 Å². The molecule has 4 rings (SSSR count). The minimum Gasteiger partial charge on any atom is -0.347 e. The Morgan fingerprint density at radius 2 is 2.04 bits per heavy atom. The molecule has 0 unspecified atom stereocenters. The van der Waals surface area contributed by atoms with Crippen molar-refractivity contribution >= 4 is 5.91 Å². The zero-order valence-corrected chi connectivity index (χ0v) is 13.4. The second-order valence-corrected chi connectivity index (χ2v) is 5.98. The van der Waals surface area contributed by atoms with Crippen molar-refractivity contribution in [3.8, 4) is 11.4 Å². The predicted molar refractivity (Wildman–Crippen MR) is 88.2 cm³/mol. The number of likely N-dealkylation sites (tertiary alicyclic amines) is 1. The SMILES string of the molecule is Cn1cccc1C(=O)N1CCC[C@@H]1c1nc(-c2ccccc2)no1. The molecule has 2 aromatic heterocycles. The van der Waals surface area contributed by atoms with Crippen LogP contribution in [0.3, 0.4) is 0 Å². The minimum atomic E-state index is -0.155. The van der Waals surface area contributed by atoms with E-state index in [-0.39, 0.29) is 11.9 Å². The quantitative estimate of drug-likeness (QED) is 0.743. The third-order valence-electron chi connectivity index (χ3n) is 4.44. The summed E-state index contributed by atoms with van der Waals surface area (Å²) in [6.07, 6.45) is 3.65. The maximum Gasteiger partial charge on any atom is 0.271 e. The molecule has 1 aromatic carbocycles. The van der Waals surface area contributed by atoms with Gasteiger partial charge in [-0.1, -0.05) is 35.5 Å². The molecule has 3 aromatic rings. The highest BCUT2D eigenvalue weighted by Gasteiger charge is 2.35. The van der Waals surface area contributed by atoms with E-state index in [0.29, 0.717) is 24.0 Å². The molecular weight excluding hydrogens is 304 g/mol. The molecule has 6 nitrogen and oxygen atoms in total. The van der Waals surface area contributed by atoms with E-state index in [2.05, 4.69) is 10.1 Å². The van der Waals surface area contributed by atoms with Crippen molar-refractivity contribution in [3.63, 3.8) is 0 Å². The van der Waals surface area contributed by atoms with Gasteiger partial charge in [-0.05, 0) is 25.0 Å². The molecule has 1 saturated heterocycles. The molecule has 1 fully saturated rings. The highest BCUT2D eigenvalue weighted by atomic mass is 16.5. The first-order valence-electron chi connectivity index (χ1n) is 8.05. The first-order valence-corrected chi connectivity index (χ1v) is 8.05. The molecule has 0 bridgehead atoms. The third-order valence-corrected chi connectivity index (χ3v) is 4.44. The van der Waals surface area contributed by atoms with E-state index in [9.17, 15) is 4.79 Å². The van der Waals surface area contributed by atoms with E-state index in [1.54, 1.807) is 0 Å². The van der Waals surface area contributed by atoms with Crippen LogP contribution in [-0.2, 0) is 7.05 Å².